The smallest absolute Gasteiger partial charge is 0.123 e. The summed E-state index contributed by atoms with van der Waals surface area (Å²) >= 11 is 0. The van der Waals surface area contributed by atoms with Crippen LogP contribution < -0.4 is 0 Å². The van der Waals surface area contributed by atoms with Crippen LogP contribution in [0.3, 0.4) is 0 Å². The van der Waals surface area contributed by atoms with Crippen molar-refractivity contribution in [1.82, 2.24) is 9.80 Å². The van der Waals surface area contributed by atoms with Gasteiger partial charge in [-0.25, -0.2) is 8.78 Å². The molecule has 0 saturated carbocycles. The minimum Gasteiger partial charge on any atom is -0.367 e. The molecule has 1 heterocycles. The molecular weight excluding hydrogens is 384 g/mol. The third-order valence-corrected chi connectivity index (χ3v) is 5.52. The van der Waals surface area contributed by atoms with Gasteiger partial charge < -0.3 is 9.64 Å². The average Bonchev–Trinajstić information content (AvgIpc) is 2.77. The Morgan fingerprint density at radius 3 is 1.80 bits per heavy atom. The lowest BCUT2D eigenvalue weighted by Gasteiger charge is -2.34. The van der Waals surface area contributed by atoms with Crippen LogP contribution in [0.15, 0.2) is 48.5 Å². The molecule has 0 aliphatic carbocycles. The number of nitriles is 1. The molecule has 0 aromatic heterocycles. The maximum Gasteiger partial charge on any atom is 0.123 e. The Hall–Kier alpha value is -2.33. The van der Waals surface area contributed by atoms with Crippen LogP contribution in [0, 0.1) is 23.0 Å². The molecule has 1 fully saturated rings. The molecule has 1 aliphatic rings. The van der Waals surface area contributed by atoms with E-state index in [4.69, 9.17) is 10.00 Å². The number of rotatable bonds is 10. The largest absolute Gasteiger partial charge is 0.367 e. The second-order valence-corrected chi connectivity index (χ2v) is 7.65. The van der Waals surface area contributed by atoms with Gasteiger partial charge in [0.05, 0.1) is 12.7 Å². The first kappa shape index (κ1) is 22.4. The van der Waals surface area contributed by atoms with Gasteiger partial charge >= 0.3 is 0 Å². The van der Waals surface area contributed by atoms with E-state index in [2.05, 4.69) is 15.9 Å². The Labute approximate surface area is 177 Å². The van der Waals surface area contributed by atoms with Crippen LogP contribution >= 0.6 is 0 Å². The van der Waals surface area contributed by atoms with Crippen molar-refractivity contribution >= 4 is 0 Å². The molecule has 0 spiro atoms. The molecule has 0 amide bonds. The van der Waals surface area contributed by atoms with E-state index in [1.807, 2.05) is 0 Å². The summed E-state index contributed by atoms with van der Waals surface area (Å²) in [6.45, 7) is 6.49. The van der Waals surface area contributed by atoms with E-state index in [1.54, 1.807) is 24.3 Å². The van der Waals surface area contributed by atoms with Gasteiger partial charge in [-0.15, -0.1) is 0 Å². The predicted molar refractivity (Wildman–Crippen MR) is 113 cm³/mol. The van der Waals surface area contributed by atoms with Gasteiger partial charge in [0, 0.05) is 39.1 Å². The second kappa shape index (κ2) is 11.8. The highest BCUT2D eigenvalue weighted by Crippen LogP contribution is 2.26. The third-order valence-electron chi connectivity index (χ3n) is 5.52. The monoisotopic (exact) mass is 413 g/mol. The molecular formula is C24H29F2N3O. The van der Waals surface area contributed by atoms with Gasteiger partial charge in [-0.05, 0) is 54.8 Å². The maximum atomic E-state index is 13.3. The van der Waals surface area contributed by atoms with E-state index in [9.17, 15) is 8.78 Å². The normalized spacial score (nSPS) is 15.4. The van der Waals surface area contributed by atoms with Crippen molar-refractivity contribution in [2.45, 2.75) is 25.4 Å². The first-order valence-corrected chi connectivity index (χ1v) is 10.6. The van der Waals surface area contributed by atoms with Crippen molar-refractivity contribution in [3.05, 3.63) is 71.3 Å². The SMILES string of the molecule is N#CCCCCN1CCN(CCOC(c2ccc(F)cc2)c2ccc(F)cc2)CC1. The van der Waals surface area contributed by atoms with Crippen LogP contribution in [0.4, 0.5) is 8.78 Å². The molecule has 160 valence electrons. The molecule has 2 aromatic carbocycles. The van der Waals surface area contributed by atoms with Crippen molar-refractivity contribution in [2.75, 3.05) is 45.9 Å². The number of hydrogen-bond donors (Lipinski definition) is 0. The summed E-state index contributed by atoms with van der Waals surface area (Å²) in [5, 5.41) is 8.61. The average molecular weight is 414 g/mol. The topological polar surface area (TPSA) is 39.5 Å². The molecule has 0 atom stereocenters. The second-order valence-electron chi connectivity index (χ2n) is 7.65. The summed E-state index contributed by atoms with van der Waals surface area (Å²) in [6, 6.07) is 14.7. The molecule has 0 radical (unpaired) electrons. The molecule has 0 N–H and O–H groups in total. The van der Waals surface area contributed by atoms with E-state index in [0.29, 0.717) is 13.0 Å². The molecule has 0 bridgehead atoms. The first-order chi connectivity index (χ1) is 14.7. The molecule has 30 heavy (non-hydrogen) atoms. The van der Waals surface area contributed by atoms with Gasteiger partial charge in [0.2, 0.25) is 0 Å². The van der Waals surface area contributed by atoms with Crippen molar-refractivity contribution in [3.8, 4) is 6.07 Å². The van der Waals surface area contributed by atoms with Crippen molar-refractivity contribution in [2.24, 2.45) is 0 Å². The molecule has 2 aromatic rings. The maximum absolute atomic E-state index is 13.3. The third kappa shape index (κ3) is 6.88. The summed E-state index contributed by atoms with van der Waals surface area (Å²) in [7, 11) is 0. The Balaban J connectivity index is 1.49. The summed E-state index contributed by atoms with van der Waals surface area (Å²) in [4.78, 5) is 4.84. The van der Waals surface area contributed by atoms with Crippen molar-refractivity contribution < 1.29 is 13.5 Å². The van der Waals surface area contributed by atoms with Crippen molar-refractivity contribution in [1.29, 1.82) is 5.26 Å². The number of nitrogens with zero attached hydrogens (tertiary/aromatic N) is 3. The fourth-order valence-electron chi connectivity index (χ4n) is 3.74. The standard InChI is InChI=1S/C24H29F2N3O/c25-22-8-4-20(5-9-22)24(21-6-10-23(26)11-7-21)30-19-18-29-16-14-28(15-17-29)13-3-1-2-12-27/h4-11,24H,1-3,13-19H2. The van der Waals surface area contributed by atoms with E-state index in [1.165, 1.54) is 24.3 Å². The van der Waals surface area contributed by atoms with E-state index >= 15 is 0 Å². The van der Waals surface area contributed by atoms with Crippen molar-refractivity contribution in [3.63, 3.8) is 0 Å². The van der Waals surface area contributed by atoms with Gasteiger partial charge in [-0.1, -0.05) is 24.3 Å². The number of ether oxygens (including phenoxy) is 1. The van der Waals surface area contributed by atoms with E-state index in [0.717, 1.165) is 63.2 Å². The number of halogens is 2. The van der Waals surface area contributed by atoms with Crippen LogP contribution in [-0.2, 0) is 4.74 Å². The summed E-state index contributed by atoms with van der Waals surface area (Å²) in [5.74, 6) is -0.579. The molecule has 6 heteroatoms. The number of hydrogen-bond acceptors (Lipinski definition) is 4. The molecule has 3 rings (SSSR count). The highest BCUT2D eigenvalue weighted by Gasteiger charge is 2.19. The fraction of sp³-hybridized carbons (Fsp3) is 0.458. The Bertz CT molecular complexity index is 751. The number of benzene rings is 2. The lowest BCUT2D eigenvalue weighted by atomic mass is 10.0. The molecule has 1 aliphatic heterocycles. The van der Waals surface area contributed by atoms with E-state index < -0.39 is 0 Å². The van der Waals surface area contributed by atoms with E-state index in [-0.39, 0.29) is 17.7 Å². The Morgan fingerprint density at radius 2 is 1.30 bits per heavy atom. The zero-order chi connectivity index (χ0) is 21.2. The highest BCUT2D eigenvalue weighted by atomic mass is 19.1. The summed E-state index contributed by atoms with van der Waals surface area (Å²) in [5.41, 5.74) is 1.70. The Morgan fingerprint density at radius 1 is 0.800 bits per heavy atom. The van der Waals surface area contributed by atoms with Gasteiger partial charge in [-0.3, -0.25) is 4.90 Å². The lowest BCUT2D eigenvalue weighted by Crippen LogP contribution is -2.47. The molecule has 1 saturated heterocycles. The molecule has 0 unspecified atom stereocenters. The Kier molecular flexibility index (Phi) is 8.76. The minimum absolute atomic E-state index is 0.290. The van der Waals surface area contributed by atoms with Crippen LogP contribution in [0.5, 0.6) is 0 Å². The van der Waals surface area contributed by atoms with Crippen LogP contribution in [-0.4, -0.2) is 55.7 Å². The number of piperazine rings is 1. The van der Waals surface area contributed by atoms with Gasteiger partial charge in [0.25, 0.3) is 0 Å². The van der Waals surface area contributed by atoms with Gasteiger partial charge in [-0.2, -0.15) is 5.26 Å². The summed E-state index contributed by atoms with van der Waals surface area (Å²) in [6.07, 6.45) is 2.33. The van der Waals surface area contributed by atoms with Crippen LogP contribution in [0.2, 0.25) is 0 Å². The van der Waals surface area contributed by atoms with Crippen LogP contribution in [0.1, 0.15) is 36.5 Å². The highest BCUT2D eigenvalue weighted by molar-refractivity contribution is 5.30. The fourth-order valence-corrected chi connectivity index (χ4v) is 3.74. The van der Waals surface area contributed by atoms with Crippen LogP contribution in [0.25, 0.3) is 0 Å². The summed E-state index contributed by atoms with van der Waals surface area (Å²) < 4.78 is 32.9. The predicted octanol–water partition coefficient (Wildman–Crippen LogP) is 4.38. The first-order valence-electron chi connectivity index (χ1n) is 10.6. The molecule has 4 nitrogen and oxygen atoms in total. The minimum atomic E-state index is -0.354. The number of unbranched alkanes of at least 4 members (excludes halogenated alkanes) is 2. The zero-order valence-corrected chi connectivity index (χ0v) is 17.3. The lowest BCUT2D eigenvalue weighted by molar-refractivity contribution is 0.0450. The van der Waals surface area contributed by atoms with Gasteiger partial charge in [0.1, 0.15) is 17.7 Å². The zero-order valence-electron chi connectivity index (χ0n) is 17.3. The quantitative estimate of drug-likeness (QED) is 0.542. The van der Waals surface area contributed by atoms with Gasteiger partial charge in [0.15, 0.2) is 0 Å².